The Balaban J connectivity index is 1.25. The van der Waals surface area contributed by atoms with Crippen molar-refractivity contribution >= 4 is 17.4 Å². The Morgan fingerprint density at radius 3 is 2.75 bits per heavy atom. The molecular formula is C31H35N7O2. The summed E-state index contributed by atoms with van der Waals surface area (Å²) in [5.74, 6) is 0.977. The molecule has 4 heterocycles. The van der Waals surface area contributed by atoms with Gasteiger partial charge in [-0.15, -0.1) is 0 Å². The minimum Gasteiger partial charge on any atom is -0.341 e. The Morgan fingerprint density at radius 2 is 2.00 bits per heavy atom. The number of carbonyl (C=O) groups is 1. The predicted molar refractivity (Wildman–Crippen MR) is 153 cm³/mol. The van der Waals surface area contributed by atoms with Crippen molar-refractivity contribution in [3.05, 3.63) is 76.8 Å². The van der Waals surface area contributed by atoms with Crippen LogP contribution >= 0.6 is 0 Å². The molecule has 0 fully saturated rings. The quantitative estimate of drug-likeness (QED) is 0.309. The minimum absolute atomic E-state index is 0.00873. The van der Waals surface area contributed by atoms with Gasteiger partial charge >= 0.3 is 11.8 Å². The molecule has 1 aliphatic carbocycles. The SMILES string of the molecule is CC(C)n1cc(C2=Nc3nccc(-c4ccc5c(c4)CCCC[C@H]5NC(=O)c4nc(C(C)(C)C)no4)c3C2)cn1. The summed E-state index contributed by atoms with van der Waals surface area (Å²) in [4.78, 5) is 26.8. The summed E-state index contributed by atoms with van der Waals surface area (Å²) in [6.07, 6.45) is 10.4. The Labute approximate surface area is 234 Å². The molecule has 1 atom stereocenters. The van der Waals surface area contributed by atoms with Gasteiger partial charge in [0.25, 0.3) is 0 Å². The van der Waals surface area contributed by atoms with E-state index in [4.69, 9.17) is 9.52 Å². The Bertz CT molecular complexity index is 1610. The summed E-state index contributed by atoms with van der Waals surface area (Å²) >= 11 is 0. The lowest BCUT2D eigenvalue weighted by atomic mass is 9.92. The maximum absolute atomic E-state index is 13.0. The van der Waals surface area contributed by atoms with Crippen LogP contribution in [0.2, 0.25) is 0 Å². The fourth-order valence-electron chi connectivity index (χ4n) is 5.43. The molecule has 3 aromatic heterocycles. The second-order valence-electron chi connectivity index (χ2n) is 12.1. The van der Waals surface area contributed by atoms with Crippen LogP contribution in [0.3, 0.4) is 0 Å². The van der Waals surface area contributed by atoms with Crippen LogP contribution in [0, 0.1) is 0 Å². The van der Waals surface area contributed by atoms with Crippen molar-refractivity contribution in [1.82, 2.24) is 30.2 Å². The molecule has 0 radical (unpaired) electrons. The number of aliphatic imine (C=N–C) groups is 1. The van der Waals surface area contributed by atoms with Gasteiger partial charge in [0.1, 0.15) is 0 Å². The molecule has 1 aromatic carbocycles. The predicted octanol–water partition coefficient (Wildman–Crippen LogP) is 6.08. The second-order valence-corrected chi connectivity index (χ2v) is 12.1. The number of nitrogens with zero attached hydrogens (tertiary/aromatic N) is 6. The number of hydrogen-bond donors (Lipinski definition) is 1. The third kappa shape index (κ3) is 4.96. The zero-order chi connectivity index (χ0) is 28.0. The zero-order valence-corrected chi connectivity index (χ0v) is 23.7. The first-order valence-corrected chi connectivity index (χ1v) is 14.1. The highest BCUT2D eigenvalue weighted by Gasteiger charge is 2.28. The molecule has 0 unspecified atom stereocenters. The van der Waals surface area contributed by atoms with Gasteiger partial charge in [-0.1, -0.05) is 50.5 Å². The van der Waals surface area contributed by atoms with Crippen molar-refractivity contribution in [3.8, 4) is 11.1 Å². The van der Waals surface area contributed by atoms with Crippen molar-refractivity contribution in [3.63, 3.8) is 0 Å². The number of fused-ring (bicyclic) bond motifs is 2. The van der Waals surface area contributed by atoms with Gasteiger partial charge in [-0.3, -0.25) is 9.48 Å². The van der Waals surface area contributed by atoms with E-state index < -0.39 is 0 Å². The van der Waals surface area contributed by atoms with Gasteiger partial charge < -0.3 is 9.84 Å². The number of carbonyl (C=O) groups excluding carboxylic acids is 1. The van der Waals surface area contributed by atoms with Gasteiger partial charge in [-0.2, -0.15) is 10.1 Å². The van der Waals surface area contributed by atoms with Gasteiger partial charge in [0.15, 0.2) is 11.6 Å². The number of hydrogen-bond acceptors (Lipinski definition) is 7. The van der Waals surface area contributed by atoms with E-state index in [1.165, 1.54) is 5.56 Å². The van der Waals surface area contributed by atoms with Crippen molar-refractivity contribution in [2.45, 2.75) is 84.2 Å². The molecule has 6 rings (SSSR count). The standard InChI is InChI=1S/C31H35N7O2/c1-18(2)38-17-21(16-33-38)26-15-24-22(12-13-32-27(24)34-26)20-10-11-23-19(14-20)8-6-7-9-25(23)35-28(39)29-36-30(37-40-29)31(3,4)5/h10-14,16-18,25H,6-9,15H2,1-5H3,(H,35,39)/t25-/m1/s1. The van der Waals surface area contributed by atoms with Crippen LogP contribution in [-0.4, -0.2) is 36.5 Å². The number of aryl methyl sites for hydroxylation is 1. The molecule has 1 aliphatic heterocycles. The summed E-state index contributed by atoms with van der Waals surface area (Å²) in [5, 5.41) is 11.7. The highest BCUT2D eigenvalue weighted by atomic mass is 16.5. The third-order valence-electron chi connectivity index (χ3n) is 7.70. The number of aromatic nitrogens is 5. The van der Waals surface area contributed by atoms with Gasteiger partial charge in [-0.05, 0) is 61.4 Å². The van der Waals surface area contributed by atoms with Crippen molar-refractivity contribution in [2.24, 2.45) is 4.99 Å². The molecule has 9 heteroatoms. The molecule has 0 saturated heterocycles. The van der Waals surface area contributed by atoms with Crippen LogP contribution in [0.25, 0.3) is 11.1 Å². The molecule has 40 heavy (non-hydrogen) atoms. The van der Waals surface area contributed by atoms with E-state index in [1.807, 2.05) is 37.8 Å². The maximum Gasteiger partial charge on any atom is 0.315 e. The summed E-state index contributed by atoms with van der Waals surface area (Å²) in [5.41, 5.74) is 7.57. The highest BCUT2D eigenvalue weighted by molar-refractivity contribution is 6.07. The smallest absolute Gasteiger partial charge is 0.315 e. The van der Waals surface area contributed by atoms with Crippen LogP contribution in [0.5, 0.6) is 0 Å². The molecule has 0 bridgehead atoms. The van der Waals surface area contributed by atoms with E-state index in [-0.39, 0.29) is 23.3 Å². The zero-order valence-electron chi connectivity index (χ0n) is 23.7. The van der Waals surface area contributed by atoms with E-state index in [2.05, 4.69) is 69.8 Å². The maximum atomic E-state index is 13.0. The number of benzene rings is 1. The van der Waals surface area contributed by atoms with E-state index in [1.54, 1.807) is 0 Å². The van der Waals surface area contributed by atoms with E-state index in [0.29, 0.717) is 11.9 Å². The number of amides is 1. The van der Waals surface area contributed by atoms with Crippen LogP contribution in [0.4, 0.5) is 5.82 Å². The van der Waals surface area contributed by atoms with Gasteiger partial charge in [-0.25, -0.2) is 9.98 Å². The molecule has 206 valence electrons. The van der Waals surface area contributed by atoms with Crippen molar-refractivity contribution < 1.29 is 9.32 Å². The average molecular weight is 538 g/mol. The number of nitrogens with one attached hydrogen (secondary N) is 1. The lowest BCUT2D eigenvalue weighted by Gasteiger charge is -2.19. The second kappa shape index (κ2) is 10.1. The van der Waals surface area contributed by atoms with Crippen LogP contribution < -0.4 is 5.32 Å². The molecule has 1 N–H and O–H groups in total. The number of rotatable bonds is 5. The molecule has 4 aromatic rings. The lowest BCUT2D eigenvalue weighted by molar-refractivity contribution is 0.0890. The fourth-order valence-corrected chi connectivity index (χ4v) is 5.43. The van der Waals surface area contributed by atoms with Gasteiger partial charge in [0, 0.05) is 41.4 Å². The summed E-state index contributed by atoms with van der Waals surface area (Å²) < 4.78 is 7.25. The molecule has 0 spiro atoms. The van der Waals surface area contributed by atoms with Gasteiger partial charge in [0.2, 0.25) is 0 Å². The number of pyridine rings is 1. The molecule has 0 saturated carbocycles. The molecule has 2 aliphatic rings. The summed E-state index contributed by atoms with van der Waals surface area (Å²) in [7, 11) is 0. The average Bonchev–Trinajstić information content (AvgIpc) is 3.67. The van der Waals surface area contributed by atoms with Crippen LogP contribution in [0.15, 0.2) is 52.4 Å². The van der Waals surface area contributed by atoms with Crippen LogP contribution in [-0.2, 0) is 18.3 Å². The molecule has 9 nitrogen and oxygen atoms in total. The minimum atomic E-state index is -0.331. The van der Waals surface area contributed by atoms with E-state index in [9.17, 15) is 4.79 Å². The Kier molecular flexibility index (Phi) is 6.60. The Hall–Kier alpha value is -4.14. The molecule has 1 amide bonds. The first-order chi connectivity index (χ1) is 19.2. The monoisotopic (exact) mass is 537 g/mol. The molecular weight excluding hydrogens is 502 g/mol. The largest absolute Gasteiger partial charge is 0.341 e. The van der Waals surface area contributed by atoms with E-state index in [0.717, 1.165) is 71.5 Å². The highest BCUT2D eigenvalue weighted by Crippen LogP contribution is 2.38. The van der Waals surface area contributed by atoms with Crippen molar-refractivity contribution in [2.75, 3.05) is 0 Å². The van der Waals surface area contributed by atoms with Gasteiger partial charge in [0.05, 0.1) is 18.0 Å². The summed E-state index contributed by atoms with van der Waals surface area (Å²) in [6.45, 7) is 10.2. The normalized spacial score (nSPS) is 16.9. The lowest BCUT2D eigenvalue weighted by Crippen LogP contribution is -2.29. The topological polar surface area (TPSA) is 111 Å². The van der Waals surface area contributed by atoms with E-state index >= 15 is 0 Å². The Morgan fingerprint density at radius 1 is 1.15 bits per heavy atom. The first kappa shape index (κ1) is 26.1. The fraction of sp³-hybridized carbons (Fsp3) is 0.419. The third-order valence-corrected chi connectivity index (χ3v) is 7.70. The summed E-state index contributed by atoms with van der Waals surface area (Å²) in [6, 6.07) is 8.85. The van der Waals surface area contributed by atoms with Crippen molar-refractivity contribution in [1.29, 1.82) is 0 Å². The van der Waals surface area contributed by atoms with Crippen LogP contribution in [0.1, 0.15) is 105 Å². The first-order valence-electron chi connectivity index (χ1n) is 14.1.